The maximum atomic E-state index is 12.0. The Hall–Kier alpha value is -1.26. The minimum atomic E-state index is -0.898. The van der Waals surface area contributed by atoms with E-state index in [9.17, 15) is 9.90 Å². The van der Waals surface area contributed by atoms with Gasteiger partial charge in [-0.1, -0.05) is 30.9 Å². The van der Waals surface area contributed by atoms with Crippen molar-refractivity contribution in [3.05, 3.63) is 28.3 Å². The molecule has 1 aliphatic heterocycles. The van der Waals surface area contributed by atoms with Gasteiger partial charge in [-0.3, -0.25) is 4.79 Å². The number of hydrogen-bond donors (Lipinski definition) is 1. The molecule has 108 valence electrons. The van der Waals surface area contributed by atoms with Crippen LogP contribution in [0.15, 0.2) is 12.1 Å². The Bertz CT molecular complexity index is 535. The Morgan fingerprint density at radius 3 is 2.70 bits per heavy atom. The average molecular weight is 297 g/mol. The molecule has 1 aromatic carbocycles. The number of hydrogen-bond acceptors (Lipinski definition) is 3. The van der Waals surface area contributed by atoms with E-state index in [4.69, 9.17) is 21.1 Å². The van der Waals surface area contributed by atoms with Crippen molar-refractivity contribution < 1.29 is 19.4 Å². The molecule has 0 unspecified atom stereocenters. The van der Waals surface area contributed by atoms with Crippen LogP contribution >= 0.6 is 11.6 Å². The first-order valence-electron chi connectivity index (χ1n) is 6.91. The van der Waals surface area contributed by atoms with Gasteiger partial charge in [0.1, 0.15) is 5.75 Å². The van der Waals surface area contributed by atoms with Crippen LogP contribution < -0.4 is 4.74 Å². The van der Waals surface area contributed by atoms with Crippen molar-refractivity contribution in [2.24, 2.45) is 0 Å². The van der Waals surface area contributed by atoms with Crippen LogP contribution in [0.5, 0.6) is 5.75 Å². The first-order valence-corrected chi connectivity index (χ1v) is 7.29. The van der Waals surface area contributed by atoms with Crippen LogP contribution in [0.3, 0.4) is 0 Å². The van der Waals surface area contributed by atoms with Crippen LogP contribution in [-0.4, -0.2) is 17.9 Å². The minimum absolute atomic E-state index is 0.203. The molecule has 20 heavy (non-hydrogen) atoms. The van der Waals surface area contributed by atoms with Crippen LogP contribution in [0.25, 0.3) is 0 Å². The molecule has 0 atom stereocenters. The lowest BCUT2D eigenvalue weighted by Crippen LogP contribution is -2.39. The third-order valence-electron chi connectivity index (χ3n) is 4.36. The highest BCUT2D eigenvalue weighted by Crippen LogP contribution is 2.47. The maximum absolute atomic E-state index is 12.0. The third-order valence-corrected chi connectivity index (χ3v) is 4.67. The van der Waals surface area contributed by atoms with Gasteiger partial charge >= 0.3 is 5.97 Å². The van der Waals surface area contributed by atoms with Crippen LogP contribution in [0, 0.1) is 0 Å². The van der Waals surface area contributed by atoms with Crippen LogP contribution in [-0.2, 0) is 21.6 Å². The molecule has 0 saturated heterocycles. The minimum Gasteiger partial charge on any atom is -0.481 e. The van der Waals surface area contributed by atoms with E-state index in [1.807, 2.05) is 0 Å². The number of aliphatic carboxylic acids is 1. The number of ether oxygens (including phenoxy) is 2. The first kappa shape index (κ1) is 13.7. The van der Waals surface area contributed by atoms with E-state index in [2.05, 4.69) is 0 Å². The van der Waals surface area contributed by atoms with Gasteiger partial charge in [-0.2, -0.15) is 0 Å². The Balaban J connectivity index is 2.18. The van der Waals surface area contributed by atoms with E-state index in [1.165, 1.54) is 0 Å². The molecule has 5 heteroatoms. The number of carboxylic acids is 1. The molecule has 0 aromatic heterocycles. The number of halogens is 1. The molecule has 2 aliphatic rings. The largest absolute Gasteiger partial charge is 0.481 e. The SMILES string of the molecule is O=C(O)C1(c2c(Cl)ccc3c2COCO3)CCCCC1. The fraction of sp³-hybridized carbons (Fsp3) is 0.533. The van der Waals surface area contributed by atoms with Gasteiger partial charge in [0, 0.05) is 10.6 Å². The predicted octanol–water partition coefficient (Wildman–Crippen LogP) is 3.49. The van der Waals surface area contributed by atoms with Crippen molar-refractivity contribution >= 4 is 17.6 Å². The lowest BCUT2D eigenvalue weighted by Gasteiger charge is -2.37. The van der Waals surface area contributed by atoms with Crippen LogP contribution in [0.2, 0.25) is 5.02 Å². The van der Waals surface area contributed by atoms with Crippen LogP contribution in [0.4, 0.5) is 0 Å². The van der Waals surface area contributed by atoms with E-state index in [0.717, 1.165) is 24.8 Å². The second kappa shape index (κ2) is 5.26. The third kappa shape index (κ3) is 2.07. The summed E-state index contributed by atoms with van der Waals surface area (Å²) in [5, 5.41) is 10.3. The normalized spacial score (nSPS) is 20.9. The summed E-state index contributed by atoms with van der Waals surface area (Å²) in [4.78, 5) is 12.0. The number of carbonyl (C=O) groups is 1. The quantitative estimate of drug-likeness (QED) is 0.907. The summed E-state index contributed by atoms with van der Waals surface area (Å²) in [6.45, 7) is 0.564. The zero-order chi connectivity index (χ0) is 14.2. The lowest BCUT2D eigenvalue weighted by molar-refractivity contribution is -0.145. The van der Waals surface area contributed by atoms with Crippen molar-refractivity contribution in [1.82, 2.24) is 0 Å². The van der Waals surface area contributed by atoms with E-state index in [-0.39, 0.29) is 6.79 Å². The van der Waals surface area contributed by atoms with Gasteiger partial charge < -0.3 is 14.6 Å². The van der Waals surface area contributed by atoms with Crippen molar-refractivity contribution in [3.8, 4) is 5.75 Å². The van der Waals surface area contributed by atoms with E-state index < -0.39 is 11.4 Å². The molecular formula is C15H17ClO4. The monoisotopic (exact) mass is 296 g/mol. The molecule has 0 spiro atoms. The molecule has 4 nitrogen and oxygen atoms in total. The highest BCUT2D eigenvalue weighted by Gasteiger charge is 2.45. The van der Waals surface area contributed by atoms with Crippen molar-refractivity contribution in [3.63, 3.8) is 0 Å². The second-order valence-corrected chi connectivity index (χ2v) is 5.86. The van der Waals surface area contributed by atoms with E-state index >= 15 is 0 Å². The maximum Gasteiger partial charge on any atom is 0.314 e. The topological polar surface area (TPSA) is 55.8 Å². The smallest absolute Gasteiger partial charge is 0.314 e. The number of fused-ring (bicyclic) bond motifs is 1. The van der Waals surface area contributed by atoms with Gasteiger partial charge in [0.2, 0.25) is 0 Å². The Labute approximate surface area is 122 Å². The molecule has 0 radical (unpaired) electrons. The van der Waals surface area contributed by atoms with Gasteiger partial charge in [0.25, 0.3) is 0 Å². The lowest BCUT2D eigenvalue weighted by atomic mass is 9.68. The van der Waals surface area contributed by atoms with E-state index in [0.29, 0.717) is 35.8 Å². The molecule has 1 aromatic rings. The second-order valence-electron chi connectivity index (χ2n) is 5.46. The van der Waals surface area contributed by atoms with Crippen LogP contribution in [0.1, 0.15) is 43.2 Å². The molecule has 1 heterocycles. The zero-order valence-electron chi connectivity index (χ0n) is 11.2. The molecule has 0 amide bonds. The molecule has 1 aliphatic carbocycles. The summed E-state index contributed by atoms with van der Waals surface area (Å²) in [5.41, 5.74) is 0.599. The zero-order valence-corrected chi connectivity index (χ0v) is 11.9. The first-order chi connectivity index (χ1) is 9.65. The summed E-state index contributed by atoms with van der Waals surface area (Å²) in [7, 11) is 0. The fourth-order valence-corrected chi connectivity index (χ4v) is 3.73. The summed E-state index contributed by atoms with van der Waals surface area (Å²) < 4.78 is 10.8. The Morgan fingerprint density at radius 1 is 1.25 bits per heavy atom. The summed E-state index contributed by atoms with van der Waals surface area (Å²) in [5.74, 6) is -0.0973. The summed E-state index contributed by atoms with van der Waals surface area (Å²) >= 11 is 6.35. The summed E-state index contributed by atoms with van der Waals surface area (Å²) in [6.07, 6.45) is 4.15. The van der Waals surface area contributed by atoms with Gasteiger partial charge in [-0.05, 0) is 30.5 Å². The molecule has 1 N–H and O–H groups in total. The highest BCUT2D eigenvalue weighted by atomic mass is 35.5. The van der Waals surface area contributed by atoms with Gasteiger partial charge in [0.15, 0.2) is 6.79 Å². The standard InChI is InChI=1S/C15H17ClO4/c16-11-4-5-12-10(8-19-9-20-12)13(11)15(14(17)18)6-2-1-3-7-15/h4-5H,1-3,6-9H2,(H,17,18). The van der Waals surface area contributed by atoms with Crippen molar-refractivity contribution in [1.29, 1.82) is 0 Å². The molecule has 0 bridgehead atoms. The van der Waals surface area contributed by atoms with Crippen molar-refractivity contribution in [2.75, 3.05) is 6.79 Å². The average Bonchev–Trinajstić information content (AvgIpc) is 2.47. The molecule has 3 rings (SSSR count). The molecule has 1 saturated carbocycles. The predicted molar refractivity (Wildman–Crippen MR) is 74.1 cm³/mol. The molecular weight excluding hydrogens is 280 g/mol. The number of rotatable bonds is 2. The Morgan fingerprint density at radius 2 is 2.00 bits per heavy atom. The molecule has 1 fully saturated rings. The number of benzene rings is 1. The highest BCUT2D eigenvalue weighted by molar-refractivity contribution is 6.32. The van der Waals surface area contributed by atoms with Gasteiger partial charge in [0.05, 0.1) is 12.0 Å². The number of carboxylic acid groups (broad SMARTS) is 1. The summed E-state index contributed by atoms with van der Waals surface area (Å²) in [6, 6.07) is 3.53. The van der Waals surface area contributed by atoms with E-state index in [1.54, 1.807) is 12.1 Å². The van der Waals surface area contributed by atoms with Gasteiger partial charge in [-0.15, -0.1) is 0 Å². The van der Waals surface area contributed by atoms with Crippen molar-refractivity contribution in [2.45, 2.75) is 44.1 Å². The Kier molecular flexibility index (Phi) is 3.61. The van der Waals surface area contributed by atoms with Gasteiger partial charge in [-0.25, -0.2) is 0 Å². The fourth-order valence-electron chi connectivity index (χ4n) is 3.37.